The van der Waals surface area contributed by atoms with Crippen molar-refractivity contribution in [2.24, 2.45) is 0 Å². The fraction of sp³-hybridized carbons (Fsp3) is 0.133. The average molecular weight is 1040 g/mol. The summed E-state index contributed by atoms with van der Waals surface area (Å²) in [5.74, 6) is 2.37. The van der Waals surface area contributed by atoms with E-state index < -0.39 is 0 Å². The summed E-state index contributed by atoms with van der Waals surface area (Å²) in [6.07, 6.45) is 1.95. The second kappa shape index (κ2) is 19.2. The molecule has 0 saturated heterocycles. The fourth-order valence-corrected chi connectivity index (χ4v) is 12.5. The zero-order valence-corrected chi connectivity index (χ0v) is 46.2. The van der Waals surface area contributed by atoms with Gasteiger partial charge in [0, 0.05) is 57.4 Å². The highest BCUT2D eigenvalue weighted by Crippen LogP contribution is 2.54. The topological polar surface area (TPSA) is 33.5 Å². The number of hydrogen-bond donors (Lipinski definition) is 0. The Morgan fingerprint density at radius 3 is 1.59 bits per heavy atom. The zero-order valence-electron chi connectivity index (χ0n) is 46.2. The Balaban J connectivity index is 0.961. The maximum Gasteiger partial charge on any atom is 0.137 e. The predicted octanol–water partition coefficient (Wildman–Crippen LogP) is 20.0. The number of ether oxygens (including phenoxy) is 1. The number of hydrogen-bond acceptors (Lipinski definition) is 4. The van der Waals surface area contributed by atoms with Gasteiger partial charge in [-0.05, 0) is 127 Å². The Labute approximate surface area is 469 Å². The third-order valence-electron chi connectivity index (χ3n) is 16.5. The number of rotatable bonds is 9. The molecule has 0 bridgehead atoms. The number of aromatic nitrogens is 2. The van der Waals surface area contributed by atoms with E-state index in [0.717, 1.165) is 67.3 Å². The molecule has 2 aromatic heterocycles. The van der Waals surface area contributed by atoms with Gasteiger partial charge in [-0.3, -0.25) is 4.57 Å². The van der Waals surface area contributed by atoms with Crippen molar-refractivity contribution in [2.75, 3.05) is 16.5 Å². The minimum Gasteiger partial charge on any atom is -0.457 e. The molecule has 14 rings (SSSR count). The largest absolute Gasteiger partial charge is 0.457 e. The van der Waals surface area contributed by atoms with E-state index in [1.54, 1.807) is 0 Å². The van der Waals surface area contributed by atoms with Crippen molar-refractivity contribution in [1.29, 1.82) is 0 Å². The molecule has 5 nitrogen and oxygen atoms in total. The summed E-state index contributed by atoms with van der Waals surface area (Å²) >= 11 is 0. The zero-order chi connectivity index (χ0) is 54.3. The lowest BCUT2D eigenvalue weighted by atomic mass is 9.82. The van der Waals surface area contributed by atoms with Gasteiger partial charge in [-0.15, -0.1) is 0 Å². The molecule has 0 fully saturated rings. The van der Waals surface area contributed by atoms with E-state index in [-0.39, 0.29) is 16.7 Å². The number of para-hydroxylation sites is 3. The predicted molar refractivity (Wildman–Crippen MR) is 334 cm³/mol. The number of benzene rings is 10. The molecular weight excluding hydrogens is 973 g/mol. The average Bonchev–Trinajstić information content (AvgIpc) is 4.31. The lowest BCUT2D eigenvalue weighted by Gasteiger charge is -2.30. The maximum absolute atomic E-state index is 7.37. The minimum absolute atomic E-state index is 0.0134. The molecule has 2 aliphatic rings. The molecule has 0 radical (unpaired) electrons. The van der Waals surface area contributed by atoms with Crippen LogP contribution in [0.2, 0.25) is 0 Å². The quantitative estimate of drug-likeness (QED) is 0.144. The molecule has 10 aromatic carbocycles. The van der Waals surface area contributed by atoms with E-state index in [1.165, 1.54) is 66.9 Å². The van der Waals surface area contributed by atoms with Gasteiger partial charge in [0.25, 0.3) is 0 Å². The summed E-state index contributed by atoms with van der Waals surface area (Å²) in [5.41, 5.74) is 22.4. The van der Waals surface area contributed by atoms with Crippen LogP contribution in [0.5, 0.6) is 11.5 Å². The van der Waals surface area contributed by atoms with Gasteiger partial charge in [0.05, 0.1) is 28.1 Å². The summed E-state index contributed by atoms with van der Waals surface area (Å²) in [6.45, 7) is 14.3. The SMILES string of the molecule is CC(C)(C)c1ccnc(-n2c3cc(Oc4cc(C5c6ccccc6-c6ccccc65)cc(N5CN(c6c(-c7ccccc7)cc(C(C)(C)C)cc6-c6ccccc6)c6ccccc65)c4)ccc3c3cccc(-c4ccccc4)c32)c1. The number of fused-ring (bicyclic) bond motifs is 7. The summed E-state index contributed by atoms with van der Waals surface area (Å²) < 4.78 is 9.71. The van der Waals surface area contributed by atoms with Crippen LogP contribution in [0, 0.1) is 0 Å². The molecule has 80 heavy (non-hydrogen) atoms. The number of pyridine rings is 1. The van der Waals surface area contributed by atoms with Crippen molar-refractivity contribution >= 4 is 44.6 Å². The maximum atomic E-state index is 7.37. The van der Waals surface area contributed by atoms with E-state index >= 15 is 0 Å². The molecule has 0 saturated carbocycles. The Hall–Kier alpha value is -9.45. The van der Waals surface area contributed by atoms with Crippen LogP contribution in [-0.2, 0) is 10.8 Å². The molecular formula is C75H62N4O. The molecule has 12 aromatic rings. The van der Waals surface area contributed by atoms with Crippen molar-refractivity contribution in [3.63, 3.8) is 0 Å². The Morgan fingerprint density at radius 2 is 0.975 bits per heavy atom. The van der Waals surface area contributed by atoms with Crippen LogP contribution in [0.15, 0.2) is 249 Å². The van der Waals surface area contributed by atoms with Gasteiger partial charge in [0.2, 0.25) is 0 Å². The Kier molecular flexibility index (Phi) is 11.7. The van der Waals surface area contributed by atoms with Crippen molar-refractivity contribution in [2.45, 2.75) is 58.3 Å². The molecule has 0 unspecified atom stereocenters. The molecule has 1 aliphatic heterocycles. The van der Waals surface area contributed by atoms with E-state index in [0.29, 0.717) is 6.67 Å². The van der Waals surface area contributed by atoms with E-state index in [4.69, 9.17) is 9.72 Å². The fourth-order valence-electron chi connectivity index (χ4n) is 12.5. The lowest BCUT2D eigenvalue weighted by molar-refractivity contribution is 0.482. The van der Waals surface area contributed by atoms with Gasteiger partial charge in [0.15, 0.2) is 0 Å². The molecule has 3 heterocycles. The monoisotopic (exact) mass is 1030 g/mol. The Bertz CT molecular complexity index is 4230. The van der Waals surface area contributed by atoms with E-state index in [2.05, 4.69) is 299 Å². The van der Waals surface area contributed by atoms with Crippen LogP contribution in [0.3, 0.4) is 0 Å². The Morgan fingerprint density at radius 1 is 0.425 bits per heavy atom. The second-order valence-corrected chi connectivity index (χ2v) is 23.6. The summed E-state index contributed by atoms with van der Waals surface area (Å²) in [5, 5.41) is 2.30. The van der Waals surface area contributed by atoms with Crippen molar-refractivity contribution in [1.82, 2.24) is 9.55 Å². The third kappa shape index (κ3) is 8.44. The highest BCUT2D eigenvalue weighted by molar-refractivity contribution is 6.14. The van der Waals surface area contributed by atoms with Gasteiger partial charge in [0.1, 0.15) is 24.0 Å². The van der Waals surface area contributed by atoms with Gasteiger partial charge >= 0.3 is 0 Å². The van der Waals surface area contributed by atoms with Gasteiger partial charge in [-0.1, -0.05) is 211 Å². The molecule has 0 N–H and O–H groups in total. The van der Waals surface area contributed by atoms with Gasteiger partial charge in [-0.25, -0.2) is 4.98 Å². The number of anilines is 4. The summed E-state index contributed by atoms with van der Waals surface area (Å²) in [6, 6.07) is 88.7. The van der Waals surface area contributed by atoms with Crippen molar-refractivity contribution in [3.05, 3.63) is 277 Å². The van der Waals surface area contributed by atoms with Crippen LogP contribution in [-0.4, -0.2) is 16.2 Å². The first-order valence-corrected chi connectivity index (χ1v) is 28.0. The highest BCUT2D eigenvalue weighted by Gasteiger charge is 2.35. The molecule has 5 heteroatoms. The molecule has 0 amide bonds. The standard InChI is InChI=1S/C75H62N4O/c1-74(2,3)53-39-40-76-70(45-53)79-69-47-56(37-38-61(69)64-34-22-33-58(73(64)79)49-23-10-7-11-24-49)80-57-42-52(71-62-31-18-16-29-59(62)60-30-17-19-32-63(60)71)41-55(46-57)77-48-78(68-36-21-20-35-67(68)77)72-65(50-25-12-8-13-26-50)43-54(75(4,5)6)44-66(72)51-27-14-9-15-28-51/h7-47,71H,48H2,1-6H3. The first-order valence-electron chi connectivity index (χ1n) is 28.0. The van der Waals surface area contributed by atoms with Crippen molar-refractivity contribution < 1.29 is 4.74 Å². The van der Waals surface area contributed by atoms with Crippen LogP contribution >= 0.6 is 0 Å². The molecule has 1 aliphatic carbocycles. The van der Waals surface area contributed by atoms with Crippen LogP contribution < -0.4 is 14.5 Å². The lowest BCUT2D eigenvalue weighted by Crippen LogP contribution is -2.25. The molecule has 0 atom stereocenters. The van der Waals surface area contributed by atoms with E-state index in [9.17, 15) is 0 Å². The van der Waals surface area contributed by atoms with Gasteiger partial charge < -0.3 is 14.5 Å². The van der Waals surface area contributed by atoms with Crippen LogP contribution in [0.4, 0.5) is 22.7 Å². The second-order valence-electron chi connectivity index (χ2n) is 23.6. The van der Waals surface area contributed by atoms with Crippen molar-refractivity contribution in [3.8, 4) is 61.8 Å². The minimum atomic E-state index is -0.0880. The third-order valence-corrected chi connectivity index (χ3v) is 16.5. The normalized spacial score (nSPS) is 13.2. The highest BCUT2D eigenvalue weighted by atomic mass is 16.5. The van der Waals surface area contributed by atoms with Gasteiger partial charge in [-0.2, -0.15) is 0 Å². The van der Waals surface area contributed by atoms with Crippen LogP contribution in [0.1, 0.15) is 75.3 Å². The summed E-state index contributed by atoms with van der Waals surface area (Å²) in [4.78, 5) is 10.1. The first kappa shape index (κ1) is 48.9. The summed E-state index contributed by atoms with van der Waals surface area (Å²) in [7, 11) is 0. The molecule has 388 valence electrons. The number of nitrogens with zero attached hydrogens (tertiary/aromatic N) is 4. The smallest absolute Gasteiger partial charge is 0.137 e. The molecule has 0 spiro atoms. The van der Waals surface area contributed by atoms with Crippen LogP contribution in [0.25, 0.3) is 72.1 Å². The first-order chi connectivity index (χ1) is 38.9. The van der Waals surface area contributed by atoms with E-state index in [1.807, 2.05) is 6.20 Å².